The molecule has 0 aliphatic carbocycles. The molecule has 2 aliphatic heterocycles. The normalized spacial score (nSPS) is 20.6. The van der Waals surface area contributed by atoms with Crippen LogP contribution in [0, 0.1) is 27.0 Å². The number of nitrogens with one attached hydrogen (secondary N) is 22. The Hall–Kier alpha value is -13.5. The Morgan fingerprint density at radius 1 is 0.391 bits per heavy atom. The molecule has 52 heteroatoms. The third-order valence-electron chi connectivity index (χ3n) is 22.2. The molecule has 0 radical (unpaired) electrons. The van der Waals surface area contributed by atoms with Gasteiger partial charge in [-0.05, 0) is 208 Å². The van der Waals surface area contributed by atoms with Crippen molar-refractivity contribution in [3.05, 3.63) is 89.5 Å². The maximum atomic E-state index is 15.9. The van der Waals surface area contributed by atoms with E-state index in [1.165, 1.54) is 77.7 Å². The minimum Gasteiger partial charge on any atom is -0.508 e. The number of benzene rings is 3. The van der Waals surface area contributed by atoms with Crippen LogP contribution in [0.4, 0.5) is 0 Å². The van der Waals surface area contributed by atoms with Gasteiger partial charge in [0.25, 0.3) is 0 Å². The number of primary amides is 1. The lowest BCUT2D eigenvalue weighted by molar-refractivity contribution is -0.142. The predicted molar refractivity (Wildman–Crippen MR) is 520 cm³/mol. The van der Waals surface area contributed by atoms with Crippen molar-refractivity contribution in [2.24, 2.45) is 57.3 Å². The summed E-state index contributed by atoms with van der Waals surface area (Å²) in [7, 11) is 1.55. The summed E-state index contributed by atoms with van der Waals surface area (Å²) in [5.74, 6) is -17.5. The summed E-state index contributed by atoms with van der Waals surface area (Å²) in [5, 5.41) is 116. The van der Waals surface area contributed by atoms with Crippen molar-refractivity contribution in [3.63, 3.8) is 0 Å². The number of aromatic hydroxyl groups is 3. The van der Waals surface area contributed by atoms with Crippen molar-refractivity contribution in [2.75, 3.05) is 70.4 Å². The third-order valence-corrected chi connectivity index (χ3v) is 24.7. The lowest BCUT2D eigenvalue weighted by Crippen LogP contribution is -2.61. The first-order valence-corrected chi connectivity index (χ1v) is 48.4. The molecule has 2 fully saturated rings. The Labute approximate surface area is 808 Å². The van der Waals surface area contributed by atoms with E-state index < -0.39 is 215 Å². The topological polar surface area (TPSA) is 887 Å². The number of guanidine groups is 5. The summed E-state index contributed by atoms with van der Waals surface area (Å²) in [5.41, 5.74) is 59.0. The highest BCUT2D eigenvalue weighted by atomic mass is 33.1. The number of carbonyl (C=O) groups excluding carboxylic acids is 14. The summed E-state index contributed by atoms with van der Waals surface area (Å²) < 4.78 is 0. The van der Waals surface area contributed by atoms with Crippen LogP contribution in [0.2, 0.25) is 0 Å². The minimum absolute atomic E-state index is 0.00881. The van der Waals surface area contributed by atoms with Crippen LogP contribution in [0.5, 0.6) is 17.2 Å². The first-order valence-electron chi connectivity index (χ1n) is 45.9. The van der Waals surface area contributed by atoms with Gasteiger partial charge in [-0.15, -0.1) is 0 Å². The number of phenolic OH excluding ortho intramolecular Hbond substituents is 3. The van der Waals surface area contributed by atoms with Crippen LogP contribution in [0.25, 0.3) is 0 Å². The molecule has 764 valence electrons. The minimum atomic E-state index is -1.88. The highest BCUT2D eigenvalue weighted by Gasteiger charge is 2.42. The van der Waals surface area contributed by atoms with Crippen molar-refractivity contribution in [2.45, 2.75) is 239 Å². The quantitative estimate of drug-likeness (QED) is 0.0108. The molecule has 0 aromatic heterocycles. The van der Waals surface area contributed by atoms with E-state index in [2.05, 4.69) is 90.4 Å². The molecular weight excluding hydrogens is 1830 g/mol. The lowest BCUT2D eigenvalue weighted by Gasteiger charge is -2.31. The molecule has 5 rings (SSSR count). The van der Waals surface area contributed by atoms with Gasteiger partial charge >= 0.3 is 0 Å². The monoisotopic (exact) mass is 1970 g/mol. The Balaban J connectivity index is 1.82. The first-order chi connectivity index (χ1) is 65.8. The molecule has 0 bridgehead atoms. The van der Waals surface area contributed by atoms with E-state index in [0.29, 0.717) is 24.0 Å². The number of unbranched alkanes of at least 4 members (excludes halogenated alkanes) is 3. The Kier molecular flexibility index (Phi) is 51.9. The molecule has 0 unspecified atom stereocenters. The van der Waals surface area contributed by atoms with E-state index in [0.717, 1.165) is 21.6 Å². The Morgan fingerprint density at radius 2 is 0.746 bits per heavy atom. The Morgan fingerprint density at radius 3 is 1.17 bits per heavy atom. The summed E-state index contributed by atoms with van der Waals surface area (Å²) >= 11 is 0. The molecule has 14 atom stereocenters. The van der Waals surface area contributed by atoms with Crippen LogP contribution in [0.3, 0.4) is 0 Å². The highest BCUT2D eigenvalue weighted by Crippen LogP contribution is 2.26. The zero-order valence-electron chi connectivity index (χ0n) is 77.4. The number of hydrogen-bond acceptors (Lipinski definition) is 28. The largest absolute Gasteiger partial charge is 0.508 e. The SMILES string of the molecule is N=C(N)NCCC[C@H](NC(=O)[C@@H]1CSSC[C@H](NC(=O)[C@H](Cc2ccc(O)cc2)NC(=O)[C@H](CCCNC(=N)N)NC(=O)[C@@H](N)CCCNC(=N)N)C(=O)N[C@@H](Cc2ccc(O)cc2)C(=O)N[C@@H](CCCNC(=N)N)C(=O)N[C@@H](CCCCN)C(=O)N[C@H](CCCCN)C(=O)N2CCC[C@H]2C(=O)N[C@@H](Cc2ccc(O)cc2)C(=O)N[C@@H](CCCNC(=N)N)C(=O)N[C@@H](CCCCN)C(=O)N1)C(N)=O. The van der Waals surface area contributed by atoms with Crippen LogP contribution in [-0.2, 0) is 86.4 Å². The summed E-state index contributed by atoms with van der Waals surface area (Å²) in [6.45, 7) is 0.446. The van der Waals surface area contributed by atoms with Crippen LogP contribution >= 0.6 is 21.6 Å². The fourth-order valence-corrected chi connectivity index (χ4v) is 17.1. The molecule has 14 amide bonds. The van der Waals surface area contributed by atoms with Crippen molar-refractivity contribution >= 4 is 134 Å². The standard InChI is InChI=1S/C86H141N33O17S2/c87-34-4-1-14-56-72(127)113-61(16-3-6-36-89)81(136)119-42-12-21-67(119)80(135)116-64(45-50-26-32-53(122)33-27-50)76(131)112-60(20-11-41-106-86(100)101)71(126)110-57(15-2-5-35-88)74(129)117-65(78(133)107-55(68(91)123)17-8-38-103-83(94)95)46-137-138-47-66(79(134)115-62(43-48-22-28-51(120)29-23-48)75(130)111-59(70(125)109-56)19-10-40-105-85(98)99)118-77(132)63(44-49-24-30-52(121)31-25-49)114-73(128)58(18-9-39-104-84(96)97)108-69(124)54(90)13-7-37-102-82(92)93/h22-33,54-67,120-122H,1-21,34-47,87-90H2,(H2,91,123)(H,107,133)(H,108,124)(H,109,125)(H,110,126)(H,111,130)(H,112,131)(H,113,127)(H,114,128)(H,115,134)(H,116,135)(H,117,129)(H,118,132)(H4,92,93,102)(H4,94,95,103)(H4,96,97,104)(H4,98,99,105)(H4,100,101,106)/t54-,55-,56-,57-,58-,59-,60-,61+,62-,63-,64-,65-,66-,67-/m0/s1. The van der Waals surface area contributed by atoms with Gasteiger partial charge in [-0.2, -0.15) is 0 Å². The fraction of sp³-hybridized carbons (Fsp3) is 0.570. The molecule has 0 saturated carbocycles. The van der Waals surface area contributed by atoms with Gasteiger partial charge in [-0.3, -0.25) is 94.2 Å². The number of amides is 14. The maximum Gasteiger partial charge on any atom is 0.245 e. The number of hydrogen-bond donors (Lipinski definition) is 35. The second kappa shape index (κ2) is 62.3. The zero-order chi connectivity index (χ0) is 102. The second-order valence-electron chi connectivity index (χ2n) is 33.4. The molecule has 2 saturated heterocycles. The Bertz CT molecular complexity index is 4530. The molecule has 2 aliphatic rings. The van der Waals surface area contributed by atoms with Gasteiger partial charge in [-0.25, -0.2) is 0 Å². The maximum absolute atomic E-state index is 15.9. The summed E-state index contributed by atoms with van der Waals surface area (Å²) in [6.07, 6.45) is -0.146. The van der Waals surface area contributed by atoms with Crippen molar-refractivity contribution in [1.82, 2.24) is 95.3 Å². The first kappa shape index (κ1) is 115. The van der Waals surface area contributed by atoms with Crippen LogP contribution in [-0.4, -0.2) is 288 Å². The van der Waals surface area contributed by atoms with Crippen LogP contribution in [0.1, 0.15) is 152 Å². The van der Waals surface area contributed by atoms with Crippen molar-refractivity contribution in [3.8, 4) is 17.2 Å². The van der Waals surface area contributed by atoms with E-state index in [9.17, 15) is 29.7 Å². The van der Waals surface area contributed by atoms with Crippen LogP contribution < -0.4 is 148 Å². The average Bonchev–Trinajstić information content (AvgIpc) is 1.71. The molecule has 0 spiro atoms. The fourth-order valence-electron chi connectivity index (χ4n) is 14.8. The van der Waals surface area contributed by atoms with Crippen molar-refractivity contribution < 1.29 is 82.4 Å². The zero-order valence-corrected chi connectivity index (χ0v) is 79.0. The van der Waals surface area contributed by atoms with E-state index in [-0.39, 0.29) is 216 Å². The number of rotatable bonds is 47. The molecule has 50 nitrogen and oxygen atoms in total. The molecule has 3 aromatic carbocycles. The van der Waals surface area contributed by atoms with E-state index in [4.69, 9.17) is 84.4 Å². The molecule has 2 heterocycles. The molecule has 3 aromatic rings. The molecular formula is C86H141N33O17S2. The second-order valence-corrected chi connectivity index (χ2v) is 35.9. The van der Waals surface area contributed by atoms with E-state index >= 15 is 52.7 Å². The third kappa shape index (κ3) is 43.7. The molecule has 138 heavy (non-hydrogen) atoms. The van der Waals surface area contributed by atoms with Gasteiger partial charge in [0, 0.05) is 70.0 Å². The lowest BCUT2D eigenvalue weighted by atomic mass is 10.0. The van der Waals surface area contributed by atoms with Gasteiger partial charge in [0.05, 0.1) is 6.04 Å². The smallest absolute Gasteiger partial charge is 0.245 e. The number of fused-ring (bicyclic) bond motifs is 1. The van der Waals surface area contributed by atoms with E-state index in [1.807, 2.05) is 0 Å². The van der Waals surface area contributed by atoms with Crippen molar-refractivity contribution in [1.29, 1.82) is 27.0 Å². The number of phenols is 3. The van der Waals surface area contributed by atoms with Crippen LogP contribution in [0.15, 0.2) is 72.8 Å². The van der Waals surface area contributed by atoms with Gasteiger partial charge < -0.3 is 168 Å². The average molecular weight is 1970 g/mol. The van der Waals surface area contributed by atoms with Gasteiger partial charge in [0.15, 0.2) is 29.8 Å². The highest BCUT2D eigenvalue weighted by molar-refractivity contribution is 8.76. The number of carbonyl (C=O) groups is 14. The predicted octanol–water partition coefficient (Wildman–Crippen LogP) is -7.45. The van der Waals surface area contributed by atoms with Gasteiger partial charge in [0.2, 0.25) is 82.7 Å². The van der Waals surface area contributed by atoms with Gasteiger partial charge in [0.1, 0.15) is 95.8 Å². The van der Waals surface area contributed by atoms with E-state index in [1.54, 1.807) is 0 Å². The van der Waals surface area contributed by atoms with Gasteiger partial charge in [-0.1, -0.05) is 58.0 Å². The molecule has 45 N–H and O–H groups in total. The summed E-state index contributed by atoms with van der Waals surface area (Å²) in [4.78, 5) is 213. The summed E-state index contributed by atoms with van der Waals surface area (Å²) in [6, 6.07) is -5.56. The number of nitrogens with two attached hydrogens (primary N) is 10. The number of nitrogens with zero attached hydrogens (tertiary/aromatic N) is 1.